The summed E-state index contributed by atoms with van der Waals surface area (Å²) in [6.07, 6.45) is -2.67. The topological polar surface area (TPSA) is 118 Å². The van der Waals surface area contributed by atoms with E-state index in [2.05, 4.69) is 9.97 Å². The second-order valence-electron chi connectivity index (χ2n) is 10.2. The van der Waals surface area contributed by atoms with Crippen LogP contribution in [-0.4, -0.2) is 47.8 Å². The molecule has 0 aliphatic heterocycles. The smallest absolute Gasteiger partial charge is 0.413 e. The summed E-state index contributed by atoms with van der Waals surface area (Å²) in [5.74, 6) is -4.85. The summed E-state index contributed by atoms with van der Waals surface area (Å²) in [5.41, 5.74) is -2.61. The van der Waals surface area contributed by atoms with Crippen LogP contribution in [0.5, 0.6) is 34.8 Å². The third-order valence-corrected chi connectivity index (χ3v) is 7.01. The second-order valence-corrected chi connectivity index (χ2v) is 11.0. The Labute approximate surface area is 298 Å². The maximum Gasteiger partial charge on any atom is 0.413 e. The van der Waals surface area contributed by atoms with Crippen molar-refractivity contribution in [1.29, 1.82) is 0 Å². The van der Waals surface area contributed by atoms with Gasteiger partial charge in [-0.3, -0.25) is 4.79 Å². The van der Waals surface area contributed by atoms with E-state index in [9.17, 15) is 31.5 Å². The van der Waals surface area contributed by atoms with Crippen molar-refractivity contribution in [2.45, 2.75) is 32.9 Å². The number of nitrogens with zero attached hydrogens (tertiary/aromatic N) is 2. The molecule has 0 saturated heterocycles. The zero-order valence-corrected chi connectivity index (χ0v) is 28.3. The molecule has 0 spiro atoms. The number of halogens is 7. The summed E-state index contributed by atoms with van der Waals surface area (Å²) >= 11 is 12.3. The molecule has 1 N–H and O–H groups in total. The lowest BCUT2D eigenvalue weighted by atomic mass is 10.0. The van der Waals surface area contributed by atoms with Gasteiger partial charge in [0.1, 0.15) is 23.1 Å². The summed E-state index contributed by atoms with van der Waals surface area (Å²) in [5, 5.41) is 1.47. The highest BCUT2D eigenvalue weighted by Crippen LogP contribution is 2.39. The molecule has 0 bridgehead atoms. The first kappa shape index (κ1) is 38.6. The van der Waals surface area contributed by atoms with Gasteiger partial charge in [0, 0.05) is 36.5 Å². The Hall–Kier alpha value is -5.15. The molecule has 2 aromatic heterocycles. The van der Waals surface area contributed by atoms with Crippen LogP contribution < -0.4 is 24.3 Å². The number of anilines is 1. The minimum Gasteiger partial charge on any atom is -0.475 e. The Morgan fingerprint density at radius 3 is 2.02 bits per heavy atom. The third-order valence-electron chi connectivity index (χ3n) is 6.42. The normalized spacial score (nSPS) is 11.5. The van der Waals surface area contributed by atoms with Crippen LogP contribution in [0.2, 0.25) is 10.0 Å². The lowest BCUT2D eigenvalue weighted by Crippen LogP contribution is -2.19. The van der Waals surface area contributed by atoms with E-state index in [-0.39, 0.29) is 57.5 Å². The zero-order valence-electron chi connectivity index (χ0n) is 26.8. The van der Waals surface area contributed by atoms with E-state index in [0.29, 0.717) is 13.0 Å². The van der Waals surface area contributed by atoms with Crippen molar-refractivity contribution in [3.63, 3.8) is 0 Å². The van der Waals surface area contributed by atoms with Crippen LogP contribution in [-0.2, 0) is 20.7 Å². The highest BCUT2D eigenvalue weighted by atomic mass is 35.5. The van der Waals surface area contributed by atoms with Crippen LogP contribution in [0.3, 0.4) is 0 Å². The molecular weight excluding hydrogens is 728 g/mol. The standard InChI is InChI=1S/C34H28Cl2F5N3O7/c1-3-11-48-32-26(7-5-9-42-32)50-28-13-19(23(37)15-21(28)35)12-20(34(39,40)41)14-30(45)44-25-17-29(22(36)16-24(25)38)51-27-8-6-10-43-33(27)49-18-31(46)47-4-2/h5-10,13-17H,3-4,11-12,18H2,1-2H3,(H,44,45). The highest BCUT2D eigenvalue weighted by Gasteiger charge is 2.35. The number of allylic oxidation sites excluding steroid dienone is 1. The molecule has 0 atom stereocenters. The largest absolute Gasteiger partial charge is 0.475 e. The van der Waals surface area contributed by atoms with E-state index < -0.39 is 59.5 Å². The van der Waals surface area contributed by atoms with Gasteiger partial charge in [0.05, 0.1) is 28.9 Å². The molecule has 2 aromatic carbocycles. The molecule has 0 saturated carbocycles. The van der Waals surface area contributed by atoms with Gasteiger partial charge < -0.3 is 29.0 Å². The first-order chi connectivity index (χ1) is 24.3. The summed E-state index contributed by atoms with van der Waals surface area (Å²) in [6, 6.07) is 9.22. The van der Waals surface area contributed by atoms with Crippen LogP contribution in [0, 0.1) is 11.6 Å². The van der Waals surface area contributed by atoms with Crippen molar-refractivity contribution >= 4 is 40.8 Å². The summed E-state index contributed by atoms with van der Waals surface area (Å²) in [4.78, 5) is 32.5. The lowest BCUT2D eigenvalue weighted by molar-refractivity contribution is -0.145. The number of amides is 1. The van der Waals surface area contributed by atoms with Crippen LogP contribution in [0.15, 0.2) is 72.6 Å². The van der Waals surface area contributed by atoms with Crippen LogP contribution in [0.25, 0.3) is 0 Å². The average Bonchev–Trinajstić information content (AvgIpc) is 3.07. The fourth-order valence-electron chi connectivity index (χ4n) is 4.14. The van der Waals surface area contributed by atoms with E-state index >= 15 is 0 Å². The molecule has 0 aliphatic rings. The Balaban J connectivity index is 1.56. The number of ether oxygens (including phenoxy) is 5. The van der Waals surface area contributed by atoms with E-state index in [4.69, 9.17) is 46.9 Å². The summed E-state index contributed by atoms with van der Waals surface area (Å²) in [6.45, 7) is 3.37. The molecule has 2 heterocycles. The Morgan fingerprint density at radius 2 is 1.43 bits per heavy atom. The molecule has 0 radical (unpaired) electrons. The van der Waals surface area contributed by atoms with Gasteiger partial charge in [0.25, 0.3) is 11.8 Å². The van der Waals surface area contributed by atoms with Gasteiger partial charge in [-0.1, -0.05) is 30.1 Å². The SMILES string of the molecule is CCCOc1ncccc1Oc1cc(CC(=CC(=O)Nc2cc(Oc3cccnc3OCC(=O)OCC)c(Cl)cc2F)C(F)(F)F)c(F)cc1Cl. The number of aromatic nitrogens is 2. The number of alkyl halides is 3. The fourth-order valence-corrected chi connectivity index (χ4v) is 4.52. The lowest BCUT2D eigenvalue weighted by Gasteiger charge is -2.16. The highest BCUT2D eigenvalue weighted by molar-refractivity contribution is 6.32. The number of carbonyl (C=O) groups is 2. The van der Waals surface area contributed by atoms with Gasteiger partial charge in [-0.05, 0) is 61.4 Å². The van der Waals surface area contributed by atoms with E-state index in [1.165, 1.54) is 36.7 Å². The Kier molecular flexibility index (Phi) is 13.4. The number of benzene rings is 2. The van der Waals surface area contributed by atoms with Crippen molar-refractivity contribution in [1.82, 2.24) is 9.97 Å². The molecule has 270 valence electrons. The number of carbonyl (C=O) groups excluding carboxylic acids is 2. The summed E-state index contributed by atoms with van der Waals surface area (Å²) < 4.78 is 99.2. The van der Waals surface area contributed by atoms with Crippen molar-refractivity contribution < 1.29 is 55.2 Å². The molecule has 10 nitrogen and oxygen atoms in total. The number of rotatable bonds is 15. The molecule has 0 unspecified atom stereocenters. The average molecular weight is 757 g/mol. The van der Waals surface area contributed by atoms with Crippen molar-refractivity contribution in [2.24, 2.45) is 0 Å². The first-order valence-electron chi connectivity index (χ1n) is 15.0. The Bertz CT molecular complexity index is 1910. The summed E-state index contributed by atoms with van der Waals surface area (Å²) in [7, 11) is 0. The molecule has 0 fully saturated rings. The predicted octanol–water partition coefficient (Wildman–Crippen LogP) is 9.05. The number of hydrogen-bond donors (Lipinski definition) is 1. The molecule has 4 rings (SSSR count). The third kappa shape index (κ3) is 10.9. The van der Waals surface area contributed by atoms with Crippen LogP contribution in [0.4, 0.5) is 27.6 Å². The minimum absolute atomic E-state index is 0.0755. The molecule has 1 amide bonds. The van der Waals surface area contributed by atoms with E-state index in [1.807, 2.05) is 12.2 Å². The molecule has 4 aromatic rings. The number of pyridine rings is 2. The molecule has 0 aliphatic carbocycles. The van der Waals surface area contributed by atoms with Crippen molar-refractivity contribution in [3.05, 3.63) is 99.8 Å². The van der Waals surface area contributed by atoms with Crippen LogP contribution >= 0.6 is 23.2 Å². The predicted molar refractivity (Wildman–Crippen MR) is 176 cm³/mol. The van der Waals surface area contributed by atoms with E-state index in [0.717, 1.165) is 24.3 Å². The zero-order chi connectivity index (χ0) is 37.1. The fraction of sp³-hybridized carbons (Fsp3) is 0.235. The first-order valence-corrected chi connectivity index (χ1v) is 15.8. The van der Waals surface area contributed by atoms with Gasteiger partial charge in [0.15, 0.2) is 18.1 Å². The van der Waals surface area contributed by atoms with Crippen LogP contribution in [0.1, 0.15) is 25.8 Å². The minimum atomic E-state index is -5.12. The monoisotopic (exact) mass is 755 g/mol. The van der Waals surface area contributed by atoms with Crippen molar-refractivity contribution in [3.8, 4) is 34.8 Å². The van der Waals surface area contributed by atoms with Gasteiger partial charge in [-0.25, -0.2) is 23.5 Å². The van der Waals surface area contributed by atoms with Gasteiger partial charge in [0.2, 0.25) is 5.91 Å². The maximum absolute atomic E-state index is 14.9. The Morgan fingerprint density at radius 1 is 0.843 bits per heavy atom. The number of nitrogens with one attached hydrogen (secondary N) is 1. The van der Waals surface area contributed by atoms with Gasteiger partial charge >= 0.3 is 12.1 Å². The van der Waals surface area contributed by atoms with Gasteiger partial charge in [-0.15, -0.1) is 0 Å². The maximum atomic E-state index is 14.9. The molecule has 17 heteroatoms. The molecule has 51 heavy (non-hydrogen) atoms. The molecular formula is C34H28Cl2F5N3O7. The van der Waals surface area contributed by atoms with Crippen molar-refractivity contribution in [2.75, 3.05) is 25.1 Å². The number of esters is 1. The second kappa shape index (κ2) is 17.7. The number of hydrogen-bond acceptors (Lipinski definition) is 9. The quantitative estimate of drug-likeness (QED) is 0.0720. The van der Waals surface area contributed by atoms with Gasteiger partial charge in [-0.2, -0.15) is 13.2 Å². The van der Waals surface area contributed by atoms with E-state index in [1.54, 1.807) is 6.92 Å².